The number of carbonyl (C=O) groups is 1. The molecule has 0 aromatic heterocycles. The summed E-state index contributed by atoms with van der Waals surface area (Å²) in [5.74, 6) is -0.279. The number of benzene rings is 1. The van der Waals surface area contributed by atoms with Gasteiger partial charge in [0.15, 0.2) is 0 Å². The van der Waals surface area contributed by atoms with E-state index in [1.165, 1.54) is 0 Å². The Morgan fingerprint density at radius 3 is 2.67 bits per heavy atom. The minimum Gasteiger partial charge on any atom is -0.478 e. The SMILES string of the molecule is O=C(O)c1ccc(CN2CCC(CCO)C2)cc1. The number of nitrogens with zero attached hydrogens (tertiary/aromatic N) is 1. The number of likely N-dealkylation sites (tertiary alicyclic amines) is 1. The standard InChI is InChI=1S/C14H19NO3/c16-8-6-12-5-7-15(10-12)9-11-1-3-13(4-2-11)14(17)18/h1-4,12,16H,5-10H2,(H,17,18). The summed E-state index contributed by atoms with van der Waals surface area (Å²) in [6, 6.07) is 7.06. The van der Waals surface area contributed by atoms with Crippen molar-refractivity contribution >= 4 is 5.97 Å². The summed E-state index contributed by atoms with van der Waals surface area (Å²) in [4.78, 5) is 13.1. The maximum atomic E-state index is 10.7. The predicted molar refractivity (Wildman–Crippen MR) is 68.5 cm³/mol. The molecule has 18 heavy (non-hydrogen) atoms. The number of hydrogen-bond donors (Lipinski definition) is 2. The van der Waals surface area contributed by atoms with Crippen LogP contribution in [0.1, 0.15) is 28.8 Å². The van der Waals surface area contributed by atoms with Gasteiger partial charge in [-0.1, -0.05) is 12.1 Å². The van der Waals surface area contributed by atoms with E-state index < -0.39 is 5.97 Å². The highest BCUT2D eigenvalue weighted by Gasteiger charge is 2.21. The second-order valence-electron chi connectivity index (χ2n) is 4.90. The molecule has 1 aromatic carbocycles. The Bertz CT molecular complexity index is 402. The van der Waals surface area contributed by atoms with Crippen LogP contribution in [0, 0.1) is 5.92 Å². The van der Waals surface area contributed by atoms with Crippen LogP contribution >= 0.6 is 0 Å². The van der Waals surface area contributed by atoms with Gasteiger partial charge in [0.2, 0.25) is 0 Å². The normalized spacial score (nSPS) is 20.2. The van der Waals surface area contributed by atoms with Crippen LogP contribution in [-0.2, 0) is 6.54 Å². The molecule has 1 atom stereocenters. The van der Waals surface area contributed by atoms with Crippen LogP contribution in [0.25, 0.3) is 0 Å². The third-order valence-electron chi connectivity index (χ3n) is 3.51. The van der Waals surface area contributed by atoms with E-state index in [1.54, 1.807) is 12.1 Å². The molecule has 0 bridgehead atoms. The molecule has 1 unspecified atom stereocenters. The van der Waals surface area contributed by atoms with Crippen LogP contribution in [0.5, 0.6) is 0 Å². The lowest BCUT2D eigenvalue weighted by molar-refractivity contribution is 0.0697. The maximum Gasteiger partial charge on any atom is 0.335 e. The average molecular weight is 249 g/mol. The number of hydrogen-bond acceptors (Lipinski definition) is 3. The summed E-state index contributed by atoms with van der Waals surface area (Å²) < 4.78 is 0. The van der Waals surface area contributed by atoms with Crippen molar-refractivity contribution in [1.29, 1.82) is 0 Å². The highest BCUT2D eigenvalue weighted by atomic mass is 16.4. The minimum absolute atomic E-state index is 0.270. The quantitative estimate of drug-likeness (QED) is 0.832. The van der Waals surface area contributed by atoms with Crippen molar-refractivity contribution in [2.75, 3.05) is 19.7 Å². The summed E-state index contributed by atoms with van der Waals surface area (Å²) >= 11 is 0. The van der Waals surface area contributed by atoms with Gasteiger partial charge in [-0.25, -0.2) is 4.79 Å². The highest BCUT2D eigenvalue weighted by molar-refractivity contribution is 5.87. The summed E-state index contributed by atoms with van der Waals surface area (Å²) in [6.45, 7) is 3.22. The molecule has 4 nitrogen and oxygen atoms in total. The van der Waals surface area contributed by atoms with Gasteiger partial charge in [-0.3, -0.25) is 4.90 Å². The Balaban J connectivity index is 1.88. The van der Waals surface area contributed by atoms with Gasteiger partial charge in [0.05, 0.1) is 5.56 Å². The second kappa shape index (κ2) is 5.98. The average Bonchev–Trinajstić information content (AvgIpc) is 2.78. The Morgan fingerprint density at radius 2 is 2.06 bits per heavy atom. The number of carboxylic acid groups (broad SMARTS) is 1. The first kappa shape index (κ1) is 13.1. The first-order valence-corrected chi connectivity index (χ1v) is 6.34. The lowest BCUT2D eigenvalue weighted by Crippen LogP contribution is -2.20. The van der Waals surface area contributed by atoms with E-state index in [-0.39, 0.29) is 6.61 Å². The molecule has 0 spiro atoms. The fraction of sp³-hybridized carbons (Fsp3) is 0.500. The van der Waals surface area contributed by atoms with Crippen molar-refractivity contribution < 1.29 is 15.0 Å². The summed E-state index contributed by atoms with van der Waals surface area (Å²) in [5, 5.41) is 17.7. The molecular formula is C14H19NO3. The zero-order valence-corrected chi connectivity index (χ0v) is 10.4. The van der Waals surface area contributed by atoms with Crippen molar-refractivity contribution in [1.82, 2.24) is 4.90 Å². The summed E-state index contributed by atoms with van der Waals surface area (Å²) in [5.41, 5.74) is 1.47. The second-order valence-corrected chi connectivity index (χ2v) is 4.90. The smallest absolute Gasteiger partial charge is 0.335 e. The number of rotatable bonds is 5. The molecule has 0 aliphatic carbocycles. The molecule has 1 aromatic rings. The number of aliphatic hydroxyl groups excluding tert-OH is 1. The maximum absolute atomic E-state index is 10.7. The van der Waals surface area contributed by atoms with Crippen LogP contribution in [0.15, 0.2) is 24.3 Å². The molecule has 2 rings (SSSR count). The molecule has 0 saturated carbocycles. The fourth-order valence-electron chi connectivity index (χ4n) is 2.49. The molecule has 1 aliphatic rings. The third kappa shape index (κ3) is 3.31. The predicted octanol–water partition coefficient (Wildman–Crippen LogP) is 1.59. The van der Waals surface area contributed by atoms with Gasteiger partial charge in [0, 0.05) is 19.7 Å². The molecule has 2 N–H and O–H groups in total. The van der Waals surface area contributed by atoms with Gasteiger partial charge < -0.3 is 10.2 Å². The van der Waals surface area contributed by atoms with Crippen molar-refractivity contribution in [3.05, 3.63) is 35.4 Å². The monoisotopic (exact) mass is 249 g/mol. The first-order chi connectivity index (χ1) is 8.69. The summed E-state index contributed by atoms with van der Waals surface area (Å²) in [6.07, 6.45) is 2.03. The Hall–Kier alpha value is -1.39. The number of carboxylic acids is 1. The molecule has 1 saturated heterocycles. The lowest BCUT2D eigenvalue weighted by atomic mass is 10.1. The highest BCUT2D eigenvalue weighted by Crippen LogP contribution is 2.21. The summed E-state index contributed by atoms with van der Waals surface area (Å²) in [7, 11) is 0. The van der Waals surface area contributed by atoms with E-state index in [0.29, 0.717) is 11.5 Å². The van der Waals surface area contributed by atoms with E-state index >= 15 is 0 Å². The van der Waals surface area contributed by atoms with Gasteiger partial charge in [-0.2, -0.15) is 0 Å². The zero-order chi connectivity index (χ0) is 13.0. The molecule has 0 amide bonds. The molecule has 1 fully saturated rings. The topological polar surface area (TPSA) is 60.8 Å². The number of aromatic carboxylic acids is 1. The van der Waals surface area contributed by atoms with Crippen LogP contribution < -0.4 is 0 Å². The van der Waals surface area contributed by atoms with Crippen molar-refractivity contribution in [3.63, 3.8) is 0 Å². The molecular weight excluding hydrogens is 230 g/mol. The van der Waals surface area contributed by atoms with Gasteiger partial charge in [-0.05, 0) is 43.0 Å². The van der Waals surface area contributed by atoms with Crippen LogP contribution in [0.3, 0.4) is 0 Å². The van der Waals surface area contributed by atoms with Crippen LogP contribution in [-0.4, -0.2) is 40.8 Å². The molecule has 1 heterocycles. The fourth-order valence-corrected chi connectivity index (χ4v) is 2.49. The van der Waals surface area contributed by atoms with E-state index in [2.05, 4.69) is 4.90 Å². The largest absolute Gasteiger partial charge is 0.478 e. The van der Waals surface area contributed by atoms with Gasteiger partial charge in [0.25, 0.3) is 0 Å². The van der Waals surface area contributed by atoms with E-state index in [0.717, 1.165) is 38.0 Å². The molecule has 98 valence electrons. The van der Waals surface area contributed by atoms with Crippen LogP contribution in [0.2, 0.25) is 0 Å². The van der Waals surface area contributed by atoms with Crippen molar-refractivity contribution in [3.8, 4) is 0 Å². The van der Waals surface area contributed by atoms with Gasteiger partial charge in [0.1, 0.15) is 0 Å². The van der Waals surface area contributed by atoms with Crippen LogP contribution in [0.4, 0.5) is 0 Å². The van der Waals surface area contributed by atoms with Gasteiger partial charge in [-0.15, -0.1) is 0 Å². The Kier molecular flexibility index (Phi) is 4.33. The molecule has 1 aliphatic heterocycles. The lowest BCUT2D eigenvalue weighted by Gasteiger charge is -2.15. The van der Waals surface area contributed by atoms with E-state index in [4.69, 9.17) is 10.2 Å². The van der Waals surface area contributed by atoms with Gasteiger partial charge >= 0.3 is 5.97 Å². The van der Waals surface area contributed by atoms with Crippen molar-refractivity contribution in [2.45, 2.75) is 19.4 Å². The third-order valence-corrected chi connectivity index (χ3v) is 3.51. The van der Waals surface area contributed by atoms with E-state index in [1.807, 2.05) is 12.1 Å². The van der Waals surface area contributed by atoms with E-state index in [9.17, 15) is 4.79 Å². The molecule has 4 heteroatoms. The Morgan fingerprint density at radius 1 is 1.33 bits per heavy atom. The molecule has 0 radical (unpaired) electrons. The Labute approximate surface area is 107 Å². The number of aliphatic hydroxyl groups is 1. The van der Waals surface area contributed by atoms with Crippen molar-refractivity contribution in [2.24, 2.45) is 5.92 Å². The minimum atomic E-state index is -0.884. The zero-order valence-electron chi connectivity index (χ0n) is 10.4. The first-order valence-electron chi connectivity index (χ1n) is 6.34.